The van der Waals surface area contributed by atoms with Crippen LogP contribution in [-0.4, -0.2) is 16.6 Å². The third kappa shape index (κ3) is 3.70. The average molecular weight is 319 g/mol. The molecule has 1 N–H and O–H groups in total. The predicted octanol–water partition coefficient (Wildman–Crippen LogP) is 3.40. The molecule has 0 unspecified atom stereocenters. The molecule has 5 heteroatoms. The van der Waals surface area contributed by atoms with E-state index in [0.29, 0.717) is 5.71 Å². The number of halogens is 1. The number of hydrazone groups is 1. The fourth-order valence-corrected chi connectivity index (χ4v) is 2.20. The summed E-state index contributed by atoms with van der Waals surface area (Å²) >= 11 is 0. The minimum atomic E-state index is -0.475. The molecule has 0 aliphatic carbocycles. The monoisotopic (exact) mass is 319 g/mol. The summed E-state index contributed by atoms with van der Waals surface area (Å²) in [6.07, 6.45) is 3.31. The van der Waals surface area contributed by atoms with Crippen LogP contribution in [0.5, 0.6) is 0 Å². The molecule has 0 aliphatic heterocycles. The molecule has 0 spiro atoms. The molecule has 1 heterocycles. The highest BCUT2D eigenvalue weighted by molar-refractivity contribution is 6.13. The maximum absolute atomic E-state index is 13.2. The highest BCUT2D eigenvalue weighted by atomic mass is 19.1. The molecule has 0 radical (unpaired) electrons. The molecule has 0 bridgehead atoms. The van der Waals surface area contributed by atoms with Gasteiger partial charge in [-0.1, -0.05) is 36.4 Å². The summed E-state index contributed by atoms with van der Waals surface area (Å²) < 4.78 is 13.2. The summed E-state index contributed by atoms with van der Waals surface area (Å²) in [7, 11) is 0. The fourth-order valence-electron chi connectivity index (χ4n) is 2.20. The lowest BCUT2D eigenvalue weighted by Crippen LogP contribution is -2.20. The molecule has 0 atom stereocenters. The number of nitrogens with one attached hydrogen (secondary N) is 1. The summed E-state index contributed by atoms with van der Waals surface area (Å²) in [6.45, 7) is 0. The molecule has 1 aromatic heterocycles. The molecule has 4 nitrogen and oxygen atoms in total. The number of carbonyl (C=O) groups excluding carboxylic acids is 1. The third-order valence-electron chi connectivity index (χ3n) is 3.36. The number of benzene rings is 2. The van der Waals surface area contributed by atoms with Crippen molar-refractivity contribution in [2.45, 2.75) is 0 Å². The van der Waals surface area contributed by atoms with Crippen LogP contribution < -0.4 is 5.43 Å². The third-order valence-corrected chi connectivity index (χ3v) is 3.36. The van der Waals surface area contributed by atoms with Gasteiger partial charge in [0.05, 0.1) is 5.71 Å². The minimum Gasteiger partial charge on any atom is -0.267 e. The largest absolute Gasteiger partial charge is 0.271 e. The van der Waals surface area contributed by atoms with Crippen molar-refractivity contribution in [3.63, 3.8) is 0 Å². The summed E-state index contributed by atoms with van der Waals surface area (Å²) in [6, 6.07) is 18.5. The maximum Gasteiger partial charge on any atom is 0.271 e. The van der Waals surface area contributed by atoms with E-state index in [1.54, 1.807) is 24.5 Å². The number of amides is 1. The van der Waals surface area contributed by atoms with Crippen LogP contribution in [0.4, 0.5) is 4.39 Å². The molecule has 1 amide bonds. The SMILES string of the molecule is O=C(N/N=C(\c1ccccc1)c1ccncc1)c1cccc(F)c1. The van der Waals surface area contributed by atoms with Gasteiger partial charge < -0.3 is 0 Å². The Kier molecular flexibility index (Phi) is 4.72. The van der Waals surface area contributed by atoms with Crippen molar-refractivity contribution in [3.05, 3.63) is 102 Å². The summed E-state index contributed by atoms with van der Waals surface area (Å²) in [5.41, 5.74) is 4.96. The summed E-state index contributed by atoms with van der Waals surface area (Å²) in [5.74, 6) is -0.943. The number of hydrogen-bond donors (Lipinski definition) is 1. The molecule has 0 fully saturated rings. The molecular formula is C19H14FN3O. The molecule has 0 aliphatic rings. The second-order valence-corrected chi connectivity index (χ2v) is 5.01. The number of nitrogens with zero attached hydrogens (tertiary/aromatic N) is 2. The van der Waals surface area contributed by atoms with Crippen molar-refractivity contribution >= 4 is 11.6 Å². The van der Waals surface area contributed by atoms with E-state index in [0.717, 1.165) is 11.1 Å². The van der Waals surface area contributed by atoms with Crippen LogP contribution >= 0.6 is 0 Å². The Bertz CT molecular complexity index is 823. The first-order valence-electron chi connectivity index (χ1n) is 7.33. The van der Waals surface area contributed by atoms with E-state index in [1.807, 2.05) is 30.3 Å². The second kappa shape index (κ2) is 7.28. The van der Waals surface area contributed by atoms with E-state index in [4.69, 9.17) is 0 Å². The smallest absolute Gasteiger partial charge is 0.267 e. The first-order valence-corrected chi connectivity index (χ1v) is 7.33. The molecule has 0 saturated carbocycles. The van der Waals surface area contributed by atoms with Gasteiger partial charge in [0.2, 0.25) is 0 Å². The first kappa shape index (κ1) is 15.6. The molecular weight excluding hydrogens is 305 g/mol. The highest BCUT2D eigenvalue weighted by Gasteiger charge is 2.09. The zero-order valence-corrected chi connectivity index (χ0v) is 12.7. The van der Waals surface area contributed by atoms with Gasteiger partial charge in [0, 0.05) is 29.1 Å². The molecule has 0 saturated heterocycles. The maximum atomic E-state index is 13.2. The molecule has 118 valence electrons. The number of pyridine rings is 1. The van der Waals surface area contributed by atoms with E-state index in [-0.39, 0.29) is 5.56 Å². The van der Waals surface area contributed by atoms with E-state index in [1.165, 1.54) is 24.3 Å². The summed E-state index contributed by atoms with van der Waals surface area (Å²) in [4.78, 5) is 16.2. The van der Waals surface area contributed by atoms with E-state index >= 15 is 0 Å². The number of carbonyl (C=O) groups is 1. The molecule has 2 aromatic carbocycles. The Morgan fingerprint density at radius 1 is 0.875 bits per heavy atom. The topological polar surface area (TPSA) is 54.4 Å². The van der Waals surface area contributed by atoms with Crippen LogP contribution in [-0.2, 0) is 0 Å². The van der Waals surface area contributed by atoms with Crippen LogP contribution in [0.15, 0.2) is 84.2 Å². The number of aromatic nitrogens is 1. The molecule has 3 rings (SSSR count). The van der Waals surface area contributed by atoms with Crippen molar-refractivity contribution in [1.82, 2.24) is 10.4 Å². The normalized spacial score (nSPS) is 11.1. The van der Waals surface area contributed by atoms with E-state index in [9.17, 15) is 9.18 Å². The lowest BCUT2D eigenvalue weighted by Gasteiger charge is -2.08. The van der Waals surface area contributed by atoms with Crippen LogP contribution in [0.2, 0.25) is 0 Å². The van der Waals surface area contributed by atoms with E-state index < -0.39 is 11.7 Å². The summed E-state index contributed by atoms with van der Waals surface area (Å²) in [5, 5.41) is 4.24. The van der Waals surface area contributed by atoms with Gasteiger partial charge >= 0.3 is 0 Å². The van der Waals surface area contributed by atoms with Gasteiger partial charge in [-0.15, -0.1) is 0 Å². The Morgan fingerprint density at radius 3 is 2.25 bits per heavy atom. The Hall–Kier alpha value is -3.34. The van der Waals surface area contributed by atoms with Crippen molar-refractivity contribution in [3.8, 4) is 0 Å². The van der Waals surface area contributed by atoms with Gasteiger partial charge in [-0.3, -0.25) is 9.78 Å². The average Bonchev–Trinajstić information content (AvgIpc) is 2.63. The van der Waals surface area contributed by atoms with Crippen molar-refractivity contribution in [2.24, 2.45) is 5.10 Å². The second-order valence-electron chi connectivity index (χ2n) is 5.01. The zero-order chi connectivity index (χ0) is 16.8. The quantitative estimate of drug-likeness (QED) is 0.592. The van der Waals surface area contributed by atoms with Gasteiger partial charge in [0.15, 0.2) is 0 Å². The van der Waals surface area contributed by atoms with Crippen molar-refractivity contribution < 1.29 is 9.18 Å². The predicted molar refractivity (Wildman–Crippen MR) is 90.2 cm³/mol. The van der Waals surface area contributed by atoms with Crippen LogP contribution in [0.3, 0.4) is 0 Å². The Labute approximate surface area is 138 Å². The highest BCUT2D eigenvalue weighted by Crippen LogP contribution is 2.10. The zero-order valence-electron chi connectivity index (χ0n) is 12.7. The van der Waals surface area contributed by atoms with Crippen LogP contribution in [0.1, 0.15) is 21.5 Å². The van der Waals surface area contributed by atoms with Crippen molar-refractivity contribution in [1.29, 1.82) is 0 Å². The van der Waals surface area contributed by atoms with Crippen LogP contribution in [0.25, 0.3) is 0 Å². The van der Waals surface area contributed by atoms with Gasteiger partial charge in [-0.05, 0) is 30.3 Å². The molecule has 3 aromatic rings. The van der Waals surface area contributed by atoms with Gasteiger partial charge in [-0.25, -0.2) is 9.82 Å². The van der Waals surface area contributed by atoms with Gasteiger partial charge in [-0.2, -0.15) is 5.10 Å². The van der Waals surface area contributed by atoms with Crippen molar-refractivity contribution in [2.75, 3.05) is 0 Å². The lowest BCUT2D eigenvalue weighted by atomic mass is 10.0. The standard InChI is InChI=1S/C19H14FN3O/c20-17-8-4-7-16(13-17)19(24)23-22-18(14-5-2-1-3-6-14)15-9-11-21-12-10-15/h1-13H,(H,23,24)/b22-18+. The van der Waals surface area contributed by atoms with E-state index in [2.05, 4.69) is 15.5 Å². The van der Waals surface area contributed by atoms with Crippen LogP contribution in [0, 0.1) is 5.82 Å². The minimum absolute atomic E-state index is 0.209. The number of hydrogen-bond acceptors (Lipinski definition) is 3. The number of rotatable bonds is 4. The van der Waals surface area contributed by atoms with Gasteiger partial charge in [0.1, 0.15) is 5.82 Å². The Morgan fingerprint density at radius 2 is 1.54 bits per heavy atom. The first-order chi connectivity index (χ1) is 11.7. The lowest BCUT2D eigenvalue weighted by molar-refractivity contribution is 0.0954. The molecule has 24 heavy (non-hydrogen) atoms. The fraction of sp³-hybridized carbons (Fsp3) is 0. The van der Waals surface area contributed by atoms with Gasteiger partial charge in [0.25, 0.3) is 5.91 Å². The Balaban J connectivity index is 1.91.